The monoisotopic (exact) mass is 2010 g/mol. The molecule has 0 spiro atoms. The van der Waals surface area contributed by atoms with Crippen molar-refractivity contribution in [3.05, 3.63) is 328 Å². The van der Waals surface area contributed by atoms with Gasteiger partial charge in [-0.25, -0.2) is 4.79 Å². The summed E-state index contributed by atoms with van der Waals surface area (Å²) in [4.78, 5) is 22.2. The second-order valence-electron chi connectivity index (χ2n) is 28.8. The number of thiophene rings is 1. The van der Waals surface area contributed by atoms with Gasteiger partial charge in [0.2, 0.25) is 0 Å². The van der Waals surface area contributed by atoms with Crippen LogP contribution in [0.5, 0.6) is 11.5 Å². The van der Waals surface area contributed by atoms with Crippen LogP contribution in [0.25, 0.3) is 25.1 Å². The zero-order valence-corrected chi connectivity index (χ0v) is 74.2. The number of alkyl halides is 24. The fourth-order valence-corrected chi connectivity index (χ4v) is 23.7. The van der Waals surface area contributed by atoms with Gasteiger partial charge < -0.3 is 39.4 Å². The van der Waals surface area contributed by atoms with Gasteiger partial charge in [0.05, 0.1) is 51.1 Å². The lowest BCUT2D eigenvalue weighted by atomic mass is 9.94. The molecule has 0 saturated carbocycles. The number of hydrogen-bond donors (Lipinski definition) is 4. The summed E-state index contributed by atoms with van der Waals surface area (Å²) < 4.78 is 331. The van der Waals surface area contributed by atoms with Crippen molar-refractivity contribution >= 4 is 92.8 Å². The zero-order chi connectivity index (χ0) is 97.9. The van der Waals surface area contributed by atoms with Gasteiger partial charge in [0.15, 0.2) is 65.0 Å². The summed E-state index contributed by atoms with van der Waals surface area (Å²) in [5.74, 6) is -2.55. The van der Waals surface area contributed by atoms with Gasteiger partial charge >= 0.3 is 55.4 Å². The van der Waals surface area contributed by atoms with E-state index in [4.69, 9.17) is 19.7 Å². The van der Waals surface area contributed by atoms with Gasteiger partial charge in [0, 0.05) is 36.8 Å². The molecule has 0 aliphatic carbocycles. The zero-order valence-electron chi connectivity index (χ0n) is 69.3. The Morgan fingerprint density at radius 3 is 0.940 bits per heavy atom. The molecule has 0 aliphatic heterocycles. The minimum absolute atomic E-state index is 0.0513. The SMILES string of the molecule is CCCC(Sc1ccc([S+](c2ccccc2)c2ccccc2)cc1)C(O)(C(F)(F)F)C(F)(F)F.O=C(COc1ccc([S+](c2ccccc2)c2ccccc2)cc1)OCC(O)(C(F)(F)F)C(F)(F)F.OC(COCCOc1ccc([S+](c2ccccc2)c2ccccc2)cc1)(C(F)(F)F)C(F)(F)F.OC(CSc1ccc(-[s+]2c3ccccc3c3ccccc32)cc1)(C(F)(F)F)C(F)(F)F. The molecule has 0 bridgehead atoms. The van der Waals surface area contributed by atoms with E-state index in [0.717, 1.165) is 69.1 Å². The van der Waals surface area contributed by atoms with Gasteiger partial charge in [0.1, 0.15) is 24.7 Å². The van der Waals surface area contributed by atoms with Crippen LogP contribution in [-0.4, -0.2) is 142 Å². The summed E-state index contributed by atoms with van der Waals surface area (Å²) in [6.45, 7) is -4.65. The smallest absolute Gasteiger partial charge is 0.429 e. The summed E-state index contributed by atoms with van der Waals surface area (Å²) >= 11 is 0.716. The minimum Gasteiger partial charge on any atom is -0.491 e. The molecule has 712 valence electrons. The summed E-state index contributed by atoms with van der Waals surface area (Å²) in [6.07, 6.45) is -47.8. The number of rotatable bonds is 29. The van der Waals surface area contributed by atoms with Crippen LogP contribution in [0.15, 0.2) is 381 Å². The van der Waals surface area contributed by atoms with Crippen molar-refractivity contribution < 1.29 is 150 Å². The fourth-order valence-electron chi connectivity index (χ4n) is 12.6. The molecular formula is C95H78F24O9S6+4. The Bertz CT molecular complexity index is 5600. The number of esters is 1. The summed E-state index contributed by atoms with van der Waals surface area (Å²) in [6, 6.07) is 101. The molecule has 0 fully saturated rings. The number of carbonyl (C=O) groups is 1. The molecule has 0 amide bonds. The first-order valence-corrected chi connectivity index (χ1v) is 46.3. The van der Waals surface area contributed by atoms with Crippen LogP contribution in [0.3, 0.4) is 0 Å². The highest BCUT2D eigenvalue weighted by Crippen LogP contribution is 2.54. The van der Waals surface area contributed by atoms with Crippen LogP contribution in [0.2, 0.25) is 0 Å². The Kier molecular flexibility index (Phi) is 35.3. The molecule has 0 radical (unpaired) electrons. The molecule has 9 nitrogen and oxygen atoms in total. The van der Waals surface area contributed by atoms with Crippen LogP contribution in [0, 0.1) is 0 Å². The molecule has 1 atom stereocenters. The molecule has 39 heteroatoms. The second kappa shape index (κ2) is 44.7. The molecule has 13 rings (SSSR count). The quantitative estimate of drug-likeness (QED) is 0.0117. The number of thioether (sulfide) groups is 2. The highest BCUT2D eigenvalue weighted by molar-refractivity contribution is 8.00. The molecule has 1 aromatic heterocycles. The Balaban J connectivity index is 0.000000185. The molecular weight excluding hydrogens is 1930 g/mol. The fraction of sp³-hybridized carbons (Fsp3) is 0.232. The molecule has 134 heavy (non-hydrogen) atoms. The van der Waals surface area contributed by atoms with Crippen LogP contribution in [-0.2, 0) is 47.0 Å². The normalized spacial score (nSPS) is 13.0. The first-order chi connectivity index (χ1) is 63.0. The molecule has 0 saturated heterocycles. The van der Waals surface area contributed by atoms with E-state index in [-0.39, 0.29) is 39.5 Å². The number of fused-ring (bicyclic) bond motifs is 3. The standard InChI is InChI=1S/C25H23F6OS2.C24H19F6O4S.C24H21F6O3S.C22H15F6OS2/c1-2-9-22(23(32,24(26,27)28)25(29,30)31)33-18-14-16-21(17-15-18)34(19-10-5-3-6-11-19)20-12-7-4-8-13-20;25-23(26,27)22(32,24(28,29)30)16-34-21(31)15-33-17-11-13-20(14-12-17)35(18-7-3-1-4-8-18)19-9-5-2-6-10-19;25-23(26,27)22(31,24(28,29)30)17-32-15-16-33-18-11-13-21(14-12-18)34(19-7-3-1-4-8-19)20-9-5-2-6-10-20;23-21(24,25)20(29,22(26,27)28)13-30-14-9-11-15(12-10-14)31-18-7-3-1-5-16(18)17-6-2-4-8-19(17)31/h3-8,10-17,22,32H,2,9H2,1H3;1-14,32H,15-16H2;1-14,31H,15-17H2;1-12,29H,13H2/q4*+1. The number of aliphatic hydroxyl groups is 4. The third-order valence-corrected chi connectivity index (χ3v) is 31.2. The maximum absolute atomic E-state index is 13.4. The molecule has 1 unspecified atom stereocenters. The predicted molar refractivity (Wildman–Crippen MR) is 466 cm³/mol. The maximum Gasteiger partial charge on any atom is 0.429 e. The topological polar surface area (TPSA) is 135 Å². The van der Waals surface area contributed by atoms with Crippen molar-refractivity contribution in [3.63, 3.8) is 0 Å². The van der Waals surface area contributed by atoms with Crippen LogP contribution >= 0.6 is 34.0 Å². The van der Waals surface area contributed by atoms with E-state index in [1.165, 1.54) is 43.3 Å². The van der Waals surface area contributed by atoms with Crippen molar-refractivity contribution in [3.8, 4) is 16.4 Å². The Morgan fingerprint density at radius 2 is 0.619 bits per heavy atom. The molecule has 12 aromatic carbocycles. The van der Waals surface area contributed by atoms with E-state index < -0.39 is 154 Å². The van der Waals surface area contributed by atoms with Gasteiger partial charge in [-0.05, 0) is 201 Å². The van der Waals surface area contributed by atoms with Crippen molar-refractivity contribution in [2.75, 3.05) is 38.8 Å². The maximum atomic E-state index is 13.4. The van der Waals surface area contributed by atoms with Gasteiger partial charge in [-0.3, -0.25) is 0 Å². The predicted octanol–water partition coefficient (Wildman–Crippen LogP) is 27.2. The summed E-state index contributed by atoms with van der Waals surface area (Å²) in [5.41, 5.74) is -19.7. The first-order valence-electron chi connectivity index (χ1n) is 39.5. The Morgan fingerprint density at radius 1 is 0.328 bits per heavy atom. The summed E-state index contributed by atoms with van der Waals surface area (Å²) in [5, 5.41) is 37.4. The van der Waals surface area contributed by atoms with Crippen molar-refractivity contribution in [2.45, 2.75) is 151 Å². The lowest BCUT2D eigenvalue weighted by Crippen LogP contribution is -2.63. The average molecular weight is 2010 g/mol. The highest BCUT2D eigenvalue weighted by atomic mass is 32.2. The van der Waals surface area contributed by atoms with E-state index >= 15 is 0 Å². The molecule has 13 aromatic rings. The van der Waals surface area contributed by atoms with Crippen LogP contribution in [0.4, 0.5) is 105 Å². The third-order valence-electron chi connectivity index (χ3n) is 19.6. The lowest BCUT2D eigenvalue weighted by Gasteiger charge is -2.38. The van der Waals surface area contributed by atoms with Crippen molar-refractivity contribution in [1.29, 1.82) is 0 Å². The molecule has 0 aliphatic rings. The number of ether oxygens (including phenoxy) is 4. The average Bonchev–Trinajstić information content (AvgIpc) is 1.32. The van der Waals surface area contributed by atoms with Gasteiger partial charge in [-0.1, -0.05) is 147 Å². The number of benzene rings is 12. The highest BCUT2D eigenvalue weighted by Gasteiger charge is 2.75. The number of hydrogen-bond acceptors (Lipinski definition) is 11. The lowest BCUT2D eigenvalue weighted by molar-refractivity contribution is -0.378. The molecule has 1 heterocycles. The van der Waals surface area contributed by atoms with Crippen LogP contribution in [0.1, 0.15) is 19.8 Å². The van der Waals surface area contributed by atoms with Gasteiger partial charge in [-0.2, -0.15) is 105 Å². The van der Waals surface area contributed by atoms with Crippen molar-refractivity contribution in [2.24, 2.45) is 0 Å². The van der Waals surface area contributed by atoms with Crippen LogP contribution < -0.4 is 9.47 Å². The van der Waals surface area contributed by atoms with E-state index in [1.54, 1.807) is 48.5 Å². The van der Waals surface area contributed by atoms with E-state index in [1.807, 2.05) is 243 Å². The molecule has 4 N–H and O–H groups in total. The minimum atomic E-state index is -6.09. The Labute approximate surface area is 771 Å². The number of halogens is 24. The van der Waals surface area contributed by atoms with E-state index in [2.05, 4.69) is 9.47 Å². The largest absolute Gasteiger partial charge is 0.491 e. The van der Waals surface area contributed by atoms with E-state index in [0.29, 0.717) is 29.3 Å². The van der Waals surface area contributed by atoms with Crippen molar-refractivity contribution in [1.82, 2.24) is 0 Å². The van der Waals surface area contributed by atoms with Gasteiger partial charge in [-0.15, -0.1) is 23.5 Å². The number of carbonyl (C=O) groups excluding carboxylic acids is 1. The van der Waals surface area contributed by atoms with E-state index in [9.17, 15) is 120 Å². The summed E-state index contributed by atoms with van der Waals surface area (Å²) in [7, 11) is -1.75. The second-order valence-corrected chi connectivity index (χ2v) is 39.2. The van der Waals surface area contributed by atoms with Gasteiger partial charge in [0.25, 0.3) is 22.4 Å². The third kappa shape index (κ3) is 25.7. The Hall–Kier alpha value is -10.2. The first kappa shape index (κ1) is 106.